The number of nitrogens with zero attached hydrogens (tertiary/aromatic N) is 4. The number of nitrogens with one attached hydrogen (secondary N) is 1. The molecule has 3 heterocycles. The number of amides is 1. The second-order valence-electron chi connectivity index (χ2n) is 5.45. The lowest BCUT2D eigenvalue weighted by Gasteiger charge is -2.19. The fraction of sp³-hybridized carbons (Fsp3) is 0.467. The molecule has 116 valence electrons. The zero-order valence-corrected chi connectivity index (χ0v) is 12.7. The molecule has 1 saturated heterocycles. The Labute approximate surface area is 128 Å². The van der Waals surface area contributed by atoms with Gasteiger partial charge in [0, 0.05) is 44.2 Å². The van der Waals surface area contributed by atoms with Crippen molar-refractivity contribution >= 4 is 5.91 Å². The molecule has 1 aliphatic heterocycles. The van der Waals surface area contributed by atoms with E-state index in [9.17, 15) is 4.79 Å². The highest BCUT2D eigenvalue weighted by atomic mass is 16.5. The Morgan fingerprint density at radius 3 is 3.05 bits per heavy atom. The lowest BCUT2D eigenvalue weighted by Crippen LogP contribution is -2.32. The van der Waals surface area contributed by atoms with Gasteiger partial charge >= 0.3 is 0 Å². The normalized spacial score (nSPS) is 21.0. The molecule has 0 saturated carbocycles. The topological polar surface area (TPSA) is 81.9 Å². The first kappa shape index (κ1) is 14.6. The Bertz CT molecular complexity index is 669. The molecule has 7 nitrogen and oxygen atoms in total. The van der Waals surface area contributed by atoms with Crippen LogP contribution >= 0.6 is 0 Å². The van der Waals surface area contributed by atoms with Crippen LogP contribution in [0.15, 0.2) is 24.5 Å². The first-order valence-corrected chi connectivity index (χ1v) is 7.32. The third kappa shape index (κ3) is 2.99. The fourth-order valence-corrected chi connectivity index (χ4v) is 2.69. The van der Waals surface area contributed by atoms with Crippen LogP contribution in [0, 0.1) is 12.8 Å². The lowest BCUT2D eigenvalue weighted by atomic mass is 9.99. The van der Waals surface area contributed by atoms with E-state index in [-0.39, 0.29) is 23.8 Å². The van der Waals surface area contributed by atoms with E-state index >= 15 is 0 Å². The van der Waals surface area contributed by atoms with Crippen LogP contribution in [-0.2, 0) is 11.8 Å². The van der Waals surface area contributed by atoms with Crippen LogP contribution in [0.2, 0.25) is 0 Å². The minimum Gasteiger partial charge on any atom is -0.372 e. The maximum absolute atomic E-state index is 12.1. The highest BCUT2D eigenvalue weighted by Crippen LogP contribution is 2.33. The van der Waals surface area contributed by atoms with Gasteiger partial charge in [0.05, 0.1) is 5.69 Å². The van der Waals surface area contributed by atoms with Gasteiger partial charge in [-0.1, -0.05) is 0 Å². The largest absolute Gasteiger partial charge is 0.372 e. The molecule has 1 aliphatic rings. The van der Waals surface area contributed by atoms with Crippen molar-refractivity contribution in [3.63, 3.8) is 0 Å². The van der Waals surface area contributed by atoms with E-state index in [1.165, 1.54) is 0 Å². The van der Waals surface area contributed by atoms with Crippen molar-refractivity contribution in [2.75, 3.05) is 13.2 Å². The molecule has 1 amide bonds. The summed E-state index contributed by atoms with van der Waals surface area (Å²) < 4.78 is 7.62. The number of carbonyl (C=O) groups excluding carboxylic acids is 1. The Hall–Kier alpha value is -2.28. The first-order chi connectivity index (χ1) is 10.6. The summed E-state index contributed by atoms with van der Waals surface area (Å²) in [5.74, 6) is 0.180. The third-order valence-corrected chi connectivity index (χ3v) is 3.89. The maximum Gasteiger partial charge on any atom is 0.289 e. The number of hydrogen-bond acceptors (Lipinski definition) is 5. The zero-order valence-electron chi connectivity index (χ0n) is 12.7. The SMILES string of the molecule is Cc1ccnc(C(=O)NC[C@@H]2CCO[C@H]2c2ccnn2C)n1. The quantitative estimate of drug-likeness (QED) is 0.912. The van der Waals surface area contributed by atoms with E-state index in [1.807, 2.05) is 24.7 Å². The second-order valence-corrected chi connectivity index (χ2v) is 5.45. The molecule has 3 rings (SSSR count). The summed E-state index contributed by atoms with van der Waals surface area (Å²) in [5.41, 5.74) is 1.81. The molecule has 0 aliphatic carbocycles. The Kier molecular flexibility index (Phi) is 4.15. The van der Waals surface area contributed by atoms with Gasteiger partial charge in [-0.2, -0.15) is 5.10 Å². The van der Waals surface area contributed by atoms with Gasteiger partial charge in [-0.15, -0.1) is 0 Å². The van der Waals surface area contributed by atoms with Gasteiger partial charge in [0.1, 0.15) is 6.10 Å². The van der Waals surface area contributed by atoms with Gasteiger partial charge < -0.3 is 10.1 Å². The summed E-state index contributed by atoms with van der Waals surface area (Å²) in [6.45, 7) is 3.06. The molecule has 2 aromatic heterocycles. The number of rotatable bonds is 4. The predicted octanol–water partition coefficient (Wildman–Crippen LogP) is 1.03. The fourth-order valence-electron chi connectivity index (χ4n) is 2.69. The van der Waals surface area contributed by atoms with Crippen molar-refractivity contribution in [1.82, 2.24) is 25.1 Å². The Morgan fingerprint density at radius 2 is 2.32 bits per heavy atom. The van der Waals surface area contributed by atoms with Crippen molar-refractivity contribution in [3.8, 4) is 0 Å². The number of hydrogen-bond donors (Lipinski definition) is 1. The van der Waals surface area contributed by atoms with E-state index in [2.05, 4.69) is 20.4 Å². The van der Waals surface area contributed by atoms with E-state index < -0.39 is 0 Å². The highest BCUT2D eigenvalue weighted by molar-refractivity contribution is 5.90. The van der Waals surface area contributed by atoms with Crippen molar-refractivity contribution in [2.24, 2.45) is 13.0 Å². The Balaban J connectivity index is 1.63. The standard InChI is InChI=1S/C15H19N5O2/c1-10-3-6-16-14(19-10)15(21)17-9-11-5-8-22-13(11)12-4-7-18-20(12)2/h3-4,6-7,11,13H,5,8-9H2,1-2H3,(H,17,21)/t11-,13+/m0/s1. The van der Waals surface area contributed by atoms with Gasteiger partial charge in [0.15, 0.2) is 0 Å². The summed E-state index contributed by atoms with van der Waals surface area (Å²) >= 11 is 0. The summed E-state index contributed by atoms with van der Waals surface area (Å²) in [5, 5.41) is 7.08. The molecular formula is C15H19N5O2. The third-order valence-electron chi connectivity index (χ3n) is 3.89. The average molecular weight is 301 g/mol. The summed E-state index contributed by atoms with van der Waals surface area (Å²) in [4.78, 5) is 20.3. The van der Waals surface area contributed by atoms with E-state index in [0.717, 1.165) is 17.8 Å². The van der Waals surface area contributed by atoms with Gasteiger partial charge in [-0.25, -0.2) is 9.97 Å². The zero-order chi connectivity index (χ0) is 15.5. The van der Waals surface area contributed by atoms with Gasteiger partial charge in [-0.3, -0.25) is 9.48 Å². The minimum absolute atomic E-state index is 0.0359. The molecular weight excluding hydrogens is 282 g/mol. The molecule has 0 unspecified atom stereocenters. The number of ether oxygens (including phenoxy) is 1. The molecule has 2 atom stereocenters. The summed E-state index contributed by atoms with van der Waals surface area (Å²) in [7, 11) is 1.90. The average Bonchev–Trinajstić information content (AvgIpc) is 3.12. The molecule has 0 aromatic carbocycles. The first-order valence-electron chi connectivity index (χ1n) is 7.32. The monoisotopic (exact) mass is 301 g/mol. The number of aryl methyl sites for hydroxylation is 2. The van der Waals surface area contributed by atoms with Crippen molar-refractivity contribution in [1.29, 1.82) is 0 Å². The molecule has 7 heteroatoms. The molecule has 1 fully saturated rings. The molecule has 0 radical (unpaired) electrons. The number of carbonyl (C=O) groups is 1. The Morgan fingerprint density at radius 1 is 1.45 bits per heavy atom. The second kappa shape index (κ2) is 6.23. The number of aromatic nitrogens is 4. The molecule has 22 heavy (non-hydrogen) atoms. The molecule has 0 spiro atoms. The van der Waals surface area contributed by atoms with Crippen molar-refractivity contribution < 1.29 is 9.53 Å². The van der Waals surface area contributed by atoms with Crippen LogP contribution < -0.4 is 5.32 Å². The summed E-state index contributed by atoms with van der Waals surface area (Å²) in [6.07, 6.45) is 4.22. The maximum atomic E-state index is 12.1. The van der Waals surface area contributed by atoms with E-state index in [1.54, 1.807) is 18.5 Å². The lowest BCUT2D eigenvalue weighted by molar-refractivity contribution is 0.0797. The minimum atomic E-state index is -0.251. The predicted molar refractivity (Wildman–Crippen MR) is 79.1 cm³/mol. The van der Waals surface area contributed by atoms with Crippen LogP contribution in [0.4, 0.5) is 0 Å². The van der Waals surface area contributed by atoms with E-state index in [0.29, 0.717) is 13.2 Å². The van der Waals surface area contributed by atoms with Crippen LogP contribution in [0.5, 0.6) is 0 Å². The van der Waals surface area contributed by atoms with Gasteiger partial charge in [0.2, 0.25) is 5.82 Å². The van der Waals surface area contributed by atoms with Crippen LogP contribution in [0.1, 0.15) is 34.5 Å². The summed E-state index contributed by atoms with van der Waals surface area (Å²) in [6, 6.07) is 3.72. The van der Waals surface area contributed by atoms with Crippen molar-refractivity contribution in [2.45, 2.75) is 19.4 Å². The van der Waals surface area contributed by atoms with E-state index in [4.69, 9.17) is 4.74 Å². The van der Waals surface area contributed by atoms with Gasteiger partial charge in [-0.05, 0) is 25.5 Å². The molecule has 0 bridgehead atoms. The van der Waals surface area contributed by atoms with Crippen LogP contribution in [-0.4, -0.2) is 38.8 Å². The molecule has 1 N–H and O–H groups in total. The molecule has 2 aromatic rings. The van der Waals surface area contributed by atoms with Crippen LogP contribution in [0.25, 0.3) is 0 Å². The van der Waals surface area contributed by atoms with Crippen molar-refractivity contribution in [3.05, 3.63) is 41.7 Å². The van der Waals surface area contributed by atoms with Crippen LogP contribution in [0.3, 0.4) is 0 Å². The highest BCUT2D eigenvalue weighted by Gasteiger charge is 2.32. The van der Waals surface area contributed by atoms with Gasteiger partial charge in [0.25, 0.3) is 5.91 Å². The smallest absolute Gasteiger partial charge is 0.289 e.